The third-order valence-corrected chi connectivity index (χ3v) is 4.90. The number of β-amino-alcohol motifs (C(OH)–C–C–N with tert-alkyl or cyclic N) is 1. The molecular formula is C18H24Cl2N6O3. The Bertz CT molecular complexity index is 847. The van der Waals surface area contributed by atoms with Crippen molar-refractivity contribution in [3.8, 4) is 0 Å². The molecule has 2 amide bonds. The molecule has 3 N–H and O–H groups in total. The van der Waals surface area contributed by atoms with Crippen molar-refractivity contribution < 1.29 is 14.7 Å². The summed E-state index contributed by atoms with van der Waals surface area (Å²) in [7, 11) is 0. The Morgan fingerprint density at radius 1 is 1.28 bits per heavy atom. The number of aliphatic hydroxyl groups is 1. The fourth-order valence-corrected chi connectivity index (χ4v) is 3.46. The van der Waals surface area contributed by atoms with Crippen molar-refractivity contribution in [1.82, 2.24) is 30.3 Å². The molecule has 2 aromatic heterocycles. The minimum absolute atomic E-state index is 0. The zero-order valence-corrected chi connectivity index (χ0v) is 17.3. The van der Waals surface area contributed by atoms with Crippen LogP contribution in [-0.2, 0) is 24.4 Å². The molecule has 0 saturated carbocycles. The lowest BCUT2D eigenvalue weighted by molar-refractivity contribution is -0.134. The summed E-state index contributed by atoms with van der Waals surface area (Å²) in [6.45, 7) is 2.28. The number of hydrogen-bond donors (Lipinski definition) is 3. The van der Waals surface area contributed by atoms with Crippen LogP contribution < -0.4 is 10.6 Å². The Balaban J connectivity index is 0.00000150. The number of rotatable bonds is 4. The van der Waals surface area contributed by atoms with E-state index in [1.54, 1.807) is 21.8 Å². The van der Waals surface area contributed by atoms with E-state index in [4.69, 9.17) is 0 Å². The fourth-order valence-electron chi connectivity index (χ4n) is 3.46. The van der Waals surface area contributed by atoms with E-state index in [1.807, 2.05) is 18.2 Å². The average Bonchev–Trinajstić information content (AvgIpc) is 3.32. The number of fused-ring (bicyclic) bond motifs is 1. The first-order valence-corrected chi connectivity index (χ1v) is 9.05. The van der Waals surface area contributed by atoms with Crippen molar-refractivity contribution in [3.05, 3.63) is 47.5 Å². The molecule has 11 heteroatoms. The number of carbonyl (C=O) groups excluding carboxylic acids is 2. The molecule has 0 spiro atoms. The summed E-state index contributed by atoms with van der Waals surface area (Å²) in [6, 6.07) is 6.92. The Morgan fingerprint density at radius 3 is 2.79 bits per heavy atom. The third-order valence-electron chi connectivity index (χ3n) is 4.90. The second kappa shape index (κ2) is 10.0. The van der Waals surface area contributed by atoms with E-state index < -0.39 is 6.10 Å². The minimum atomic E-state index is -0.469. The zero-order valence-electron chi connectivity index (χ0n) is 15.7. The normalized spacial score (nSPS) is 20.2. The SMILES string of the molecule is Cl.Cl.O=C(NCc1ccccn1)c1cc2n(n1)CCN(C(=O)[C@@H]1C[C@@H](O)CN1)C2. The molecule has 2 atom stereocenters. The molecular weight excluding hydrogens is 419 g/mol. The standard InChI is InChI=1S/C18H22N6O3.2ClH/c25-14-8-16(20-10-14)18(27)23-5-6-24-13(11-23)7-15(22-24)17(26)21-9-12-3-1-2-4-19-12;;/h1-4,7,14,16,20,25H,5-6,8-11H2,(H,21,26);2*1H/t14-,16+;;/m1../s1. The second-order valence-electron chi connectivity index (χ2n) is 6.86. The molecule has 0 bridgehead atoms. The highest BCUT2D eigenvalue weighted by molar-refractivity contribution is 5.92. The number of amides is 2. The quantitative estimate of drug-likeness (QED) is 0.619. The minimum Gasteiger partial charge on any atom is -0.392 e. The fraction of sp³-hybridized carbons (Fsp3) is 0.444. The number of carbonyl (C=O) groups is 2. The monoisotopic (exact) mass is 442 g/mol. The van der Waals surface area contributed by atoms with Gasteiger partial charge in [-0.1, -0.05) is 6.07 Å². The van der Waals surface area contributed by atoms with Gasteiger partial charge in [-0.05, 0) is 24.6 Å². The second-order valence-corrected chi connectivity index (χ2v) is 6.86. The van der Waals surface area contributed by atoms with Gasteiger partial charge in [0.25, 0.3) is 5.91 Å². The summed E-state index contributed by atoms with van der Waals surface area (Å²) in [5.41, 5.74) is 1.94. The first kappa shape index (κ1) is 23.1. The molecule has 1 saturated heterocycles. The molecule has 0 radical (unpaired) electrons. The predicted octanol–water partition coefficient (Wildman–Crippen LogP) is 0.117. The number of halogens is 2. The van der Waals surface area contributed by atoms with Crippen molar-refractivity contribution in [2.75, 3.05) is 13.1 Å². The van der Waals surface area contributed by atoms with Crippen LogP contribution in [0.1, 0.15) is 28.3 Å². The first-order chi connectivity index (χ1) is 13.1. The maximum Gasteiger partial charge on any atom is 0.272 e. The number of pyridine rings is 1. The van der Waals surface area contributed by atoms with Gasteiger partial charge in [-0.15, -0.1) is 24.8 Å². The summed E-state index contributed by atoms with van der Waals surface area (Å²) in [5.74, 6) is -0.277. The summed E-state index contributed by atoms with van der Waals surface area (Å²) in [6.07, 6.45) is 1.65. The summed E-state index contributed by atoms with van der Waals surface area (Å²) < 4.78 is 1.77. The van der Waals surface area contributed by atoms with E-state index in [9.17, 15) is 14.7 Å². The van der Waals surface area contributed by atoms with Crippen LogP contribution in [0.2, 0.25) is 0 Å². The van der Waals surface area contributed by atoms with Gasteiger partial charge in [0.1, 0.15) is 0 Å². The Morgan fingerprint density at radius 2 is 2.10 bits per heavy atom. The summed E-state index contributed by atoms with van der Waals surface area (Å²) in [5, 5.41) is 19.8. The highest BCUT2D eigenvalue weighted by atomic mass is 35.5. The number of nitrogens with one attached hydrogen (secondary N) is 2. The van der Waals surface area contributed by atoms with Gasteiger partial charge >= 0.3 is 0 Å². The van der Waals surface area contributed by atoms with E-state index in [1.165, 1.54) is 0 Å². The van der Waals surface area contributed by atoms with Crippen LogP contribution in [0.5, 0.6) is 0 Å². The van der Waals surface area contributed by atoms with E-state index in [-0.39, 0.29) is 42.7 Å². The van der Waals surface area contributed by atoms with Crippen molar-refractivity contribution in [2.45, 2.75) is 38.2 Å². The van der Waals surface area contributed by atoms with Gasteiger partial charge in [0.15, 0.2) is 5.69 Å². The lowest BCUT2D eigenvalue weighted by atomic mass is 10.1. The molecule has 29 heavy (non-hydrogen) atoms. The number of nitrogens with zero attached hydrogens (tertiary/aromatic N) is 4. The van der Waals surface area contributed by atoms with Gasteiger partial charge in [-0.25, -0.2) is 0 Å². The highest BCUT2D eigenvalue weighted by Gasteiger charge is 2.33. The van der Waals surface area contributed by atoms with Crippen LogP contribution in [-0.4, -0.2) is 61.8 Å². The van der Waals surface area contributed by atoms with Crippen LogP contribution in [0.4, 0.5) is 0 Å². The highest BCUT2D eigenvalue weighted by Crippen LogP contribution is 2.17. The number of hydrogen-bond acceptors (Lipinski definition) is 6. The van der Waals surface area contributed by atoms with Crippen molar-refractivity contribution in [3.63, 3.8) is 0 Å². The molecule has 0 aliphatic carbocycles. The molecule has 4 heterocycles. The molecule has 2 aliphatic heterocycles. The molecule has 0 aromatic carbocycles. The van der Waals surface area contributed by atoms with E-state index in [2.05, 4.69) is 20.7 Å². The smallest absolute Gasteiger partial charge is 0.272 e. The molecule has 158 valence electrons. The lowest BCUT2D eigenvalue weighted by Gasteiger charge is -2.29. The van der Waals surface area contributed by atoms with E-state index >= 15 is 0 Å². The van der Waals surface area contributed by atoms with Crippen molar-refractivity contribution >= 4 is 36.6 Å². The Labute approximate surface area is 180 Å². The van der Waals surface area contributed by atoms with Crippen LogP contribution in [0.3, 0.4) is 0 Å². The van der Waals surface area contributed by atoms with Gasteiger partial charge in [0, 0.05) is 19.3 Å². The van der Waals surface area contributed by atoms with E-state index in [0.29, 0.717) is 44.8 Å². The van der Waals surface area contributed by atoms with Gasteiger partial charge in [-0.3, -0.25) is 19.3 Å². The van der Waals surface area contributed by atoms with Crippen LogP contribution in [0, 0.1) is 0 Å². The van der Waals surface area contributed by atoms with Gasteiger partial charge in [0.05, 0.1) is 43.2 Å². The maximum atomic E-state index is 12.6. The number of aromatic nitrogens is 3. The van der Waals surface area contributed by atoms with Crippen molar-refractivity contribution in [2.24, 2.45) is 0 Å². The Hall–Kier alpha value is -2.20. The molecule has 0 unspecified atom stereocenters. The molecule has 9 nitrogen and oxygen atoms in total. The molecule has 4 rings (SSSR count). The molecule has 2 aliphatic rings. The van der Waals surface area contributed by atoms with Crippen LogP contribution >= 0.6 is 24.8 Å². The lowest BCUT2D eigenvalue weighted by Crippen LogP contribution is -2.46. The molecule has 2 aromatic rings. The van der Waals surface area contributed by atoms with Gasteiger partial charge in [0.2, 0.25) is 5.91 Å². The Kier molecular flexibility index (Phi) is 7.97. The number of aliphatic hydroxyl groups excluding tert-OH is 1. The van der Waals surface area contributed by atoms with Gasteiger partial charge in [-0.2, -0.15) is 5.10 Å². The molecule has 1 fully saturated rings. The first-order valence-electron chi connectivity index (χ1n) is 9.05. The average molecular weight is 443 g/mol. The maximum absolute atomic E-state index is 12.6. The summed E-state index contributed by atoms with van der Waals surface area (Å²) in [4.78, 5) is 30.9. The van der Waals surface area contributed by atoms with Gasteiger partial charge < -0.3 is 20.6 Å². The van der Waals surface area contributed by atoms with Crippen molar-refractivity contribution in [1.29, 1.82) is 0 Å². The third kappa shape index (κ3) is 5.24. The predicted molar refractivity (Wildman–Crippen MR) is 110 cm³/mol. The topological polar surface area (TPSA) is 112 Å². The van der Waals surface area contributed by atoms with Crippen LogP contribution in [0.15, 0.2) is 30.5 Å². The largest absolute Gasteiger partial charge is 0.392 e. The van der Waals surface area contributed by atoms with E-state index in [0.717, 1.165) is 11.4 Å². The zero-order chi connectivity index (χ0) is 18.8. The van der Waals surface area contributed by atoms with Crippen LogP contribution in [0.25, 0.3) is 0 Å². The summed E-state index contributed by atoms with van der Waals surface area (Å²) >= 11 is 0.